The third-order valence-electron chi connectivity index (χ3n) is 3.10. The minimum Gasteiger partial charge on any atom is -0.354 e. The van der Waals surface area contributed by atoms with Gasteiger partial charge >= 0.3 is 0 Å². The molecule has 0 aromatic rings. The van der Waals surface area contributed by atoms with Crippen molar-refractivity contribution in [3.05, 3.63) is 0 Å². The standard InChI is InChI=1S/C10H16N2O2/c13-9-5-4-8(12-9)10(14)11-6-7-2-1-3-7/h7-8H,1-6H2,(H,11,14)(H,12,13). The minimum absolute atomic E-state index is 0.00575. The van der Waals surface area contributed by atoms with Crippen LogP contribution in [0.25, 0.3) is 0 Å². The van der Waals surface area contributed by atoms with Gasteiger partial charge in [0.1, 0.15) is 6.04 Å². The molecule has 14 heavy (non-hydrogen) atoms. The number of amides is 2. The number of carbonyl (C=O) groups excluding carboxylic acids is 2. The highest BCUT2D eigenvalue weighted by molar-refractivity contribution is 5.90. The Morgan fingerprint density at radius 1 is 1.43 bits per heavy atom. The molecule has 2 N–H and O–H groups in total. The lowest BCUT2D eigenvalue weighted by Gasteiger charge is -2.25. The maximum Gasteiger partial charge on any atom is 0.242 e. The first kappa shape index (κ1) is 9.49. The van der Waals surface area contributed by atoms with Gasteiger partial charge in [-0.2, -0.15) is 0 Å². The van der Waals surface area contributed by atoms with Gasteiger partial charge in [0.05, 0.1) is 0 Å². The van der Waals surface area contributed by atoms with Crippen molar-refractivity contribution >= 4 is 11.8 Å². The van der Waals surface area contributed by atoms with Crippen molar-refractivity contribution < 1.29 is 9.59 Å². The number of nitrogens with one attached hydrogen (secondary N) is 2. The second kappa shape index (κ2) is 3.98. The molecule has 0 aromatic carbocycles. The van der Waals surface area contributed by atoms with E-state index in [0.717, 1.165) is 6.54 Å². The molecule has 1 aliphatic carbocycles. The molecule has 1 heterocycles. The fourth-order valence-electron chi connectivity index (χ4n) is 1.88. The Bertz CT molecular complexity index is 249. The van der Waals surface area contributed by atoms with E-state index in [1.54, 1.807) is 0 Å². The van der Waals surface area contributed by atoms with E-state index >= 15 is 0 Å². The largest absolute Gasteiger partial charge is 0.354 e. The zero-order valence-corrected chi connectivity index (χ0v) is 8.21. The van der Waals surface area contributed by atoms with E-state index in [1.807, 2.05) is 0 Å². The SMILES string of the molecule is O=C1CCC(C(=O)NCC2CCC2)N1. The molecule has 2 amide bonds. The minimum atomic E-state index is -0.275. The number of hydrogen-bond donors (Lipinski definition) is 2. The van der Waals surface area contributed by atoms with Gasteiger partial charge in [0.15, 0.2) is 0 Å². The molecule has 0 bridgehead atoms. The Kier molecular flexibility index (Phi) is 2.70. The van der Waals surface area contributed by atoms with Crippen LogP contribution in [0.15, 0.2) is 0 Å². The summed E-state index contributed by atoms with van der Waals surface area (Å²) in [5.74, 6) is 0.660. The van der Waals surface area contributed by atoms with Crippen molar-refractivity contribution in [1.82, 2.24) is 10.6 Å². The summed E-state index contributed by atoms with van der Waals surface area (Å²) >= 11 is 0. The molecule has 1 saturated heterocycles. The van der Waals surface area contributed by atoms with Gasteiger partial charge in [0.2, 0.25) is 11.8 Å². The van der Waals surface area contributed by atoms with Crippen LogP contribution >= 0.6 is 0 Å². The van der Waals surface area contributed by atoms with E-state index < -0.39 is 0 Å². The molecule has 0 radical (unpaired) electrons. The maximum atomic E-state index is 11.5. The number of carbonyl (C=O) groups is 2. The van der Waals surface area contributed by atoms with Crippen molar-refractivity contribution in [2.24, 2.45) is 5.92 Å². The van der Waals surface area contributed by atoms with Gasteiger partial charge in [0.25, 0.3) is 0 Å². The van der Waals surface area contributed by atoms with Crippen molar-refractivity contribution in [2.45, 2.75) is 38.1 Å². The van der Waals surface area contributed by atoms with Crippen molar-refractivity contribution in [3.63, 3.8) is 0 Å². The second-order valence-corrected chi connectivity index (χ2v) is 4.20. The van der Waals surface area contributed by atoms with Gasteiger partial charge in [-0.3, -0.25) is 9.59 Å². The van der Waals surface area contributed by atoms with Crippen LogP contribution in [0.1, 0.15) is 32.1 Å². The van der Waals surface area contributed by atoms with Gasteiger partial charge in [-0.15, -0.1) is 0 Å². The highest BCUT2D eigenvalue weighted by atomic mass is 16.2. The molecule has 2 aliphatic rings. The Morgan fingerprint density at radius 3 is 2.71 bits per heavy atom. The topological polar surface area (TPSA) is 58.2 Å². The lowest BCUT2D eigenvalue weighted by molar-refractivity contribution is -0.126. The summed E-state index contributed by atoms with van der Waals surface area (Å²) in [6.07, 6.45) is 4.90. The second-order valence-electron chi connectivity index (χ2n) is 4.20. The van der Waals surface area contributed by atoms with Crippen LogP contribution in [0.4, 0.5) is 0 Å². The normalized spacial score (nSPS) is 26.9. The molecule has 2 fully saturated rings. The first-order chi connectivity index (χ1) is 6.75. The molecular formula is C10H16N2O2. The van der Waals surface area contributed by atoms with Crippen LogP contribution < -0.4 is 10.6 Å². The summed E-state index contributed by atoms with van der Waals surface area (Å²) in [4.78, 5) is 22.4. The fourth-order valence-corrected chi connectivity index (χ4v) is 1.88. The van der Waals surface area contributed by atoms with Crippen molar-refractivity contribution in [3.8, 4) is 0 Å². The molecule has 2 rings (SSSR count). The number of hydrogen-bond acceptors (Lipinski definition) is 2. The highest BCUT2D eigenvalue weighted by Crippen LogP contribution is 2.25. The molecule has 4 nitrogen and oxygen atoms in total. The molecule has 1 atom stereocenters. The molecule has 1 unspecified atom stereocenters. The van der Waals surface area contributed by atoms with Crippen LogP contribution in [0.2, 0.25) is 0 Å². The van der Waals surface area contributed by atoms with Crippen LogP contribution in [0.5, 0.6) is 0 Å². The lowest BCUT2D eigenvalue weighted by atomic mass is 9.85. The predicted octanol–water partition coefficient (Wildman–Crippen LogP) is 0.181. The summed E-state index contributed by atoms with van der Waals surface area (Å²) < 4.78 is 0. The van der Waals surface area contributed by atoms with E-state index in [1.165, 1.54) is 19.3 Å². The Balaban J connectivity index is 1.69. The van der Waals surface area contributed by atoms with E-state index in [9.17, 15) is 9.59 Å². The van der Waals surface area contributed by atoms with Crippen molar-refractivity contribution in [1.29, 1.82) is 0 Å². The maximum absolute atomic E-state index is 11.5. The van der Waals surface area contributed by atoms with E-state index in [4.69, 9.17) is 0 Å². The van der Waals surface area contributed by atoms with Crippen LogP contribution in [0, 0.1) is 5.92 Å². The Labute approximate surface area is 83.4 Å². The Morgan fingerprint density at radius 2 is 2.21 bits per heavy atom. The molecule has 0 spiro atoms. The van der Waals surface area contributed by atoms with Crippen LogP contribution in [-0.4, -0.2) is 24.4 Å². The predicted molar refractivity (Wildman–Crippen MR) is 51.5 cm³/mol. The molecule has 1 aliphatic heterocycles. The fraction of sp³-hybridized carbons (Fsp3) is 0.800. The zero-order valence-electron chi connectivity index (χ0n) is 8.21. The highest BCUT2D eigenvalue weighted by Gasteiger charge is 2.27. The monoisotopic (exact) mass is 196 g/mol. The summed E-state index contributed by atoms with van der Waals surface area (Å²) in [7, 11) is 0. The first-order valence-electron chi connectivity index (χ1n) is 5.33. The summed E-state index contributed by atoms with van der Waals surface area (Å²) in [6.45, 7) is 0.783. The lowest BCUT2D eigenvalue weighted by Crippen LogP contribution is -2.43. The first-order valence-corrected chi connectivity index (χ1v) is 5.33. The molecule has 0 aromatic heterocycles. The quantitative estimate of drug-likeness (QED) is 0.676. The third kappa shape index (κ3) is 2.05. The van der Waals surface area contributed by atoms with Gasteiger partial charge in [-0.1, -0.05) is 6.42 Å². The van der Waals surface area contributed by atoms with E-state index in [2.05, 4.69) is 10.6 Å². The Hall–Kier alpha value is -1.06. The summed E-state index contributed by atoms with van der Waals surface area (Å²) in [5, 5.41) is 5.56. The molecule has 1 saturated carbocycles. The van der Waals surface area contributed by atoms with Gasteiger partial charge in [0, 0.05) is 13.0 Å². The van der Waals surface area contributed by atoms with Crippen molar-refractivity contribution in [2.75, 3.05) is 6.54 Å². The van der Waals surface area contributed by atoms with Crippen LogP contribution in [-0.2, 0) is 9.59 Å². The summed E-state index contributed by atoms with van der Waals surface area (Å²) in [6, 6.07) is -0.275. The van der Waals surface area contributed by atoms with Crippen LogP contribution in [0.3, 0.4) is 0 Å². The van der Waals surface area contributed by atoms with Gasteiger partial charge in [-0.25, -0.2) is 0 Å². The van der Waals surface area contributed by atoms with E-state index in [-0.39, 0.29) is 17.9 Å². The smallest absolute Gasteiger partial charge is 0.242 e. The van der Waals surface area contributed by atoms with E-state index in [0.29, 0.717) is 18.8 Å². The molecule has 78 valence electrons. The third-order valence-corrected chi connectivity index (χ3v) is 3.10. The molecular weight excluding hydrogens is 180 g/mol. The molecule has 4 heteroatoms. The average Bonchev–Trinajstić information content (AvgIpc) is 2.49. The zero-order chi connectivity index (χ0) is 9.97. The average molecular weight is 196 g/mol. The number of rotatable bonds is 3. The van der Waals surface area contributed by atoms with Gasteiger partial charge in [-0.05, 0) is 25.2 Å². The van der Waals surface area contributed by atoms with Gasteiger partial charge < -0.3 is 10.6 Å². The summed E-state index contributed by atoms with van der Waals surface area (Å²) in [5.41, 5.74) is 0.